The first-order valence-electron chi connectivity index (χ1n) is 17.0. The molecule has 0 saturated heterocycles. The number of pyridine rings is 1. The second-order valence-electron chi connectivity index (χ2n) is 13.6. The highest BCUT2D eigenvalue weighted by atomic mass is 16.3. The normalized spacial score (nSPS) is 12.1. The Hall–Kier alpha value is -5.99. The van der Waals surface area contributed by atoms with Crippen LogP contribution in [0.1, 0.15) is 58.6 Å². The second kappa shape index (κ2) is 12.6. The lowest BCUT2D eigenvalue weighted by Crippen LogP contribution is -2.11. The third-order valence-corrected chi connectivity index (χ3v) is 9.01. The number of aromatic nitrogens is 3. The Morgan fingerprint density at radius 2 is 1.45 bits per heavy atom. The van der Waals surface area contributed by atoms with E-state index in [1.807, 2.05) is 80.6 Å². The molecule has 49 heavy (non-hydrogen) atoms. The SMILES string of the molecule is [2H]C(C)(C)c1cc(-c2ccc(C#N)cn2)cc(-c2cccc3c2nc(-c2cccc(C(C)(C)C)c2O)n3-c2ccccc2-c2ccccc2)c1. The van der Waals surface area contributed by atoms with Crippen LogP contribution in [-0.4, -0.2) is 19.6 Å². The van der Waals surface area contributed by atoms with Gasteiger partial charge >= 0.3 is 0 Å². The van der Waals surface area contributed by atoms with Crippen LogP contribution in [0.25, 0.3) is 61.6 Å². The Morgan fingerprint density at radius 1 is 0.755 bits per heavy atom. The van der Waals surface area contributed by atoms with Crippen LogP contribution in [0.15, 0.2) is 128 Å². The van der Waals surface area contributed by atoms with Gasteiger partial charge in [0.1, 0.15) is 17.6 Å². The van der Waals surface area contributed by atoms with Crippen LogP contribution in [0.4, 0.5) is 0 Å². The van der Waals surface area contributed by atoms with E-state index in [2.05, 4.69) is 84.9 Å². The largest absolute Gasteiger partial charge is 0.507 e. The van der Waals surface area contributed by atoms with Crippen LogP contribution in [0.5, 0.6) is 5.75 Å². The number of aromatic hydroxyl groups is 1. The van der Waals surface area contributed by atoms with E-state index in [1.54, 1.807) is 12.3 Å². The highest BCUT2D eigenvalue weighted by Gasteiger charge is 2.26. The maximum Gasteiger partial charge on any atom is 0.149 e. The van der Waals surface area contributed by atoms with E-state index in [0.717, 1.165) is 61.4 Å². The number of imidazole rings is 1. The monoisotopic (exact) mass is 639 g/mol. The minimum Gasteiger partial charge on any atom is -0.507 e. The summed E-state index contributed by atoms with van der Waals surface area (Å²) in [5, 5.41) is 21.2. The van der Waals surface area contributed by atoms with Crippen LogP contribution in [0.2, 0.25) is 0 Å². The molecule has 0 fully saturated rings. The predicted octanol–water partition coefficient (Wildman–Crippen LogP) is 11.1. The molecule has 7 aromatic rings. The summed E-state index contributed by atoms with van der Waals surface area (Å²) >= 11 is 0. The fourth-order valence-electron chi connectivity index (χ4n) is 6.47. The second-order valence-corrected chi connectivity index (χ2v) is 13.6. The molecule has 0 aliphatic carbocycles. The number of benzene rings is 5. The third kappa shape index (κ3) is 5.87. The predicted molar refractivity (Wildman–Crippen MR) is 200 cm³/mol. The third-order valence-electron chi connectivity index (χ3n) is 9.01. The van der Waals surface area contributed by atoms with Crippen molar-refractivity contribution in [3.8, 4) is 62.4 Å². The van der Waals surface area contributed by atoms with Gasteiger partial charge in [0, 0.05) is 24.3 Å². The van der Waals surface area contributed by atoms with Crippen molar-refractivity contribution in [3.05, 3.63) is 144 Å². The first-order valence-corrected chi connectivity index (χ1v) is 16.5. The van der Waals surface area contributed by atoms with E-state index in [4.69, 9.17) is 6.35 Å². The van der Waals surface area contributed by atoms with Crippen LogP contribution >= 0.6 is 0 Å². The summed E-state index contributed by atoms with van der Waals surface area (Å²) in [6.45, 7) is 10.0. The van der Waals surface area contributed by atoms with Crippen LogP contribution in [0.3, 0.4) is 0 Å². The first-order chi connectivity index (χ1) is 23.9. The van der Waals surface area contributed by atoms with Crippen molar-refractivity contribution in [2.24, 2.45) is 0 Å². The summed E-state index contributed by atoms with van der Waals surface area (Å²) in [4.78, 5) is 9.96. The van der Waals surface area contributed by atoms with E-state index in [1.165, 1.54) is 0 Å². The van der Waals surface area contributed by atoms with Crippen LogP contribution < -0.4 is 0 Å². The number of fused-ring (bicyclic) bond motifs is 1. The molecule has 1 N–H and O–H groups in total. The summed E-state index contributed by atoms with van der Waals surface area (Å²) in [6, 6.07) is 42.5. The molecule has 5 aromatic carbocycles. The van der Waals surface area contributed by atoms with E-state index in [0.29, 0.717) is 17.0 Å². The zero-order valence-electron chi connectivity index (χ0n) is 29.4. The topological polar surface area (TPSA) is 74.7 Å². The lowest BCUT2D eigenvalue weighted by Gasteiger charge is -2.22. The summed E-state index contributed by atoms with van der Waals surface area (Å²) in [5.74, 6) is -0.0448. The van der Waals surface area contributed by atoms with Crippen molar-refractivity contribution in [2.45, 2.75) is 45.9 Å². The summed E-state index contributed by atoms with van der Waals surface area (Å²) in [5.41, 5.74) is 10.6. The van der Waals surface area contributed by atoms with Gasteiger partial charge in [-0.2, -0.15) is 5.26 Å². The zero-order valence-corrected chi connectivity index (χ0v) is 28.4. The minimum atomic E-state index is -0.885. The van der Waals surface area contributed by atoms with Gasteiger partial charge in [0.25, 0.3) is 0 Å². The van der Waals surface area contributed by atoms with E-state index in [9.17, 15) is 10.4 Å². The van der Waals surface area contributed by atoms with Crippen molar-refractivity contribution < 1.29 is 6.48 Å². The number of nitriles is 1. The van der Waals surface area contributed by atoms with E-state index < -0.39 is 5.89 Å². The molecule has 5 nitrogen and oxygen atoms in total. The molecule has 0 spiro atoms. The molecule has 2 aromatic heterocycles. The number of nitrogens with zero attached hydrogens (tertiary/aromatic N) is 4. The Kier molecular flexibility index (Phi) is 7.78. The van der Waals surface area contributed by atoms with Crippen molar-refractivity contribution >= 4 is 11.0 Å². The number of phenolic OH excluding ortho intramolecular Hbond substituents is 1. The average molecular weight is 640 g/mol. The molecule has 240 valence electrons. The van der Waals surface area contributed by atoms with Gasteiger partial charge < -0.3 is 5.11 Å². The average Bonchev–Trinajstić information content (AvgIpc) is 3.50. The van der Waals surface area contributed by atoms with Gasteiger partial charge in [0.05, 0.1) is 33.5 Å². The molecule has 5 heteroatoms. The molecular weight excluding hydrogens is 601 g/mol. The van der Waals surface area contributed by atoms with Gasteiger partial charge in [-0.05, 0) is 76.0 Å². The number of hydrogen-bond acceptors (Lipinski definition) is 4. The number of phenols is 1. The molecule has 0 saturated carbocycles. The maximum absolute atomic E-state index is 11.9. The molecule has 0 aliphatic rings. The smallest absolute Gasteiger partial charge is 0.149 e. The molecule has 2 heterocycles. The Labute approximate surface area is 289 Å². The number of para-hydroxylation sites is 3. The quantitative estimate of drug-likeness (QED) is 0.196. The van der Waals surface area contributed by atoms with Crippen molar-refractivity contribution in [1.82, 2.24) is 14.5 Å². The Morgan fingerprint density at radius 3 is 2.16 bits per heavy atom. The summed E-state index contributed by atoms with van der Waals surface area (Å²) in [7, 11) is 0. The Bertz CT molecular complexity index is 2410. The van der Waals surface area contributed by atoms with Gasteiger partial charge in [-0.25, -0.2) is 4.98 Å². The van der Waals surface area contributed by atoms with Crippen LogP contribution in [0, 0.1) is 11.3 Å². The molecule has 7 rings (SSSR count). The fourth-order valence-corrected chi connectivity index (χ4v) is 6.47. The summed E-state index contributed by atoms with van der Waals surface area (Å²) in [6.07, 6.45) is 1.57. The van der Waals surface area contributed by atoms with Gasteiger partial charge in [-0.3, -0.25) is 9.55 Å². The lowest BCUT2D eigenvalue weighted by molar-refractivity contribution is 0.448. The van der Waals surface area contributed by atoms with E-state index in [-0.39, 0.29) is 11.2 Å². The molecule has 0 atom stereocenters. The highest BCUT2D eigenvalue weighted by Crippen LogP contribution is 2.43. The molecule has 0 aliphatic heterocycles. The molecule has 0 bridgehead atoms. The van der Waals surface area contributed by atoms with Gasteiger partial charge in [0.15, 0.2) is 0 Å². The molecule has 0 radical (unpaired) electrons. The lowest BCUT2D eigenvalue weighted by atomic mass is 9.85. The minimum absolute atomic E-state index is 0.211. The Balaban J connectivity index is 1.55. The van der Waals surface area contributed by atoms with Crippen molar-refractivity contribution in [1.29, 1.82) is 5.26 Å². The first kappa shape index (κ1) is 30.4. The summed E-state index contributed by atoms with van der Waals surface area (Å²) < 4.78 is 11.1. The maximum atomic E-state index is 11.9. The van der Waals surface area contributed by atoms with Gasteiger partial charge in [-0.1, -0.05) is 113 Å². The fraction of sp³-hybridized carbons (Fsp3) is 0.159. The zero-order chi connectivity index (χ0) is 35.2. The van der Waals surface area contributed by atoms with Crippen molar-refractivity contribution in [3.63, 3.8) is 0 Å². The molecule has 0 amide bonds. The number of hydrogen-bond donors (Lipinski definition) is 1. The standard InChI is InChI=1S/C44H38N4O/c1-28(2)31-23-32(25-33(24-31)38-22-21-29(26-45)27-46-38)35-16-12-20-40-41(35)47-43(36-17-11-18-37(42(36)49)44(3,4)5)48(40)39-19-10-9-15-34(39)30-13-7-6-8-14-30/h6-25,27-28,49H,1-5H3/i28D. The highest BCUT2D eigenvalue weighted by molar-refractivity contribution is 5.97. The number of rotatable bonds is 6. The molecular formula is C44H38N4O. The van der Waals surface area contributed by atoms with Gasteiger partial charge in [0.2, 0.25) is 0 Å². The van der Waals surface area contributed by atoms with E-state index >= 15 is 0 Å². The van der Waals surface area contributed by atoms with Crippen molar-refractivity contribution in [2.75, 3.05) is 0 Å². The van der Waals surface area contributed by atoms with Gasteiger partial charge in [-0.15, -0.1) is 0 Å². The molecule has 0 unspecified atom stereocenters. The van der Waals surface area contributed by atoms with Crippen LogP contribution in [-0.2, 0) is 5.41 Å².